The maximum atomic E-state index is 12.8. The average Bonchev–Trinajstić information content (AvgIpc) is 2.95. The van der Waals surface area contributed by atoms with Gasteiger partial charge >= 0.3 is 0 Å². The fraction of sp³-hybridized carbons (Fsp3) is 0.688. The fourth-order valence-corrected chi connectivity index (χ4v) is 4.61. The van der Waals surface area contributed by atoms with Crippen LogP contribution in [0, 0.1) is 5.92 Å². The molecular weight excluding hydrogens is 328 g/mol. The molecule has 2 unspecified atom stereocenters. The maximum Gasteiger partial charge on any atom is 0.270 e. The third-order valence-corrected chi connectivity index (χ3v) is 6.61. The van der Waals surface area contributed by atoms with Crippen LogP contribution in [0.5, 0.6) is 0 Å². The van der Waals surface area contributed by atoms with Gasteiger partial charge in [0.15, 0.2) is 0 Å². The second-order valence-electron chi connectivity index (χ2n) is 6.78. The van der Waals surface area contributed by atoms with Gasteiger partial charge < -0.3 is 15.2 Å². The van der Waals surface area contributed by atoms with Gasteiger partial charge in [0.05, 0.1) is 0 Å². The van der Waals surface area contributed by atoms with E-state index in [4.69, 9.17) is 5.73 Å². The van der Waals surface area contributed by atoms with Gasteiger partial charge in [-0.1, -0.05) is 6.92 Å². The summed E-state index contributed by atoms with van der Waals surface area (Å²) in [5, 5.41) is 0. The average molecular weight is 356 g/mol. The first-order valence-corrected chi connectivity index (χ1v) is 9.76. The predicted octanol–water partition coefficient (Wildman–Crippen LogP) is 0.865. The van der Waals surface area contributed by atoms with Crippen LogP contribution in [0.15, 0.2) is 17.2 Å². The molecule has 0 bridgehead atoms. The van der Waals surface area contributed by atoms with Crippen molar-refractivity contribution in [2.24, 2.45) is 18.7 Å². The van der Waals surface area contributed by atoms with Crippen molar-refractivity contribution < 1.29 is 13.2 Å². The minimum absolute atomic E-state index is 0.115. The zero-order chi connectivity index (χ0) is 18.1. The standard InChI is InChI=1S/C16H28N4O3S/c1-12-6-5-7-20(10-12)24(22,23)14-8-15(18(3)11-14)16(21)19(4)13(2)9-17/h8,11-13H,5-7,9-10,17H2,1-4H3. The Morgan fingerprint density at radius 3 is 2.75 bits per heavy atom. The van der Waals surface area contributed by atoms with Crippen LogP contribution >= 0.6 is 0 Å². The Morgan fingerprint density at radius 1 is 1.50 bits per heavy atom. The molecule has 0 aliphatic carbocycles. The second kappa shape index (κ2) is 7.25. The molecule has 1 saturated heterocycles. The summed E-state index contributed by atoms with van der Waals surface area (Å²) in [4.78, 5) is 14.3. The number of aryl methyl sites for hydroxylation is 1. The van der Waals surface area contributed by atoms with Gasteiger partial charge in [0.2, 0.25) is 10.0 Å². The first-order valence-electron chi connectivity index (χ1n) is 8.32. The minimum Gasteiger partial charge on any atom is -0.345 e. The van der Waals surface area contributed by atoms with Crippen LogP contribution in [-0.2, 0) is 17.1 Å². The quantitative estimate of drug-likeness (QED) is 0.848. The highest BCUT2D eigenvalue weighted by atomic mass is 32.2. The molecule has 0 spiro atoms. The number of amides is 1. The van der Waals surface area contributed by atoms with Gasteiger partial charge in [-0.05, 0) is 31.7 Å². The Morgan fingerprint density at radius 2 is 2.17 bits per heavy atom. The molecule has 8 heteroatoms. The van der Waals surface area contributed by atoms with E-state index in [0.717, 1.165) is 12.8 Å². The molecule has 0 saturated carbocycles. The minimum atomic E-state index is -3.56. The topological polar surface area (TPSA) is 88.6 Å². The van der Waals surface area contributed by atoms with E-state index in [0.29, 0.717) is 31.2 Å². The summed E-state index contributed by atoms with van der Waals surface area (Å²) in [6.45, 7) is 5.33. The molecule has 2 rings (SSSR count). The van der Waals surface area contributed by atoms with Gasteiger partial charge in [-0.25, -0.2) is 8.42 Å². The van der Waals surface area contributed by atoms with Crippen molar-refractivity contribution in [1.29, 1.82) is 0 Å². The molecule has 0 aromatic carbocycles. The number of sulfonamides is 1. The Bertz CT molecular complexity index is 698. The van der Waals surface area contributed by atoms with E-state index in [1.165, 1.54) is 21.5 Å². The van der Waals surface area contributed by atoms with Crippen molar-refractivity contribution in [2.75, 3.05) is 26.7 Å². The molecule has 136 valence electrons. The Labute approximate surface area is 144 Å². The van der Waals surface area contributed by atoms with Gasteiger partial charge in [0.1, 0.15) is 10.6 Å². The first kappa shape index (κ1) is 19.0. The number of aromatic nitrogens is 1. The molecule has 1 aromatic rings. The summed E-state index contributed by atoms with van der Waals surface area (Å²) in [6.07, 6.45) is 3.44. The number of carbonyl (C=O) groups is 1. The van der Waals surface area contributed by atoms with Crippen LogP contribution in [0.4, 0.5) is 0 Å². The van der Waals surface area contributed by atoms with Gasteiger partial charge in [-0.15, -0.1) is 0 Å². The number of hydrogen-bond donors (Lipinski definition) is 1. The summed E-state index contributed by atoms with van der Waals surface area (Å²) in [7, 11) is -0.204. The molecule has 7 nitrogen and oxygen atoms in total. The molecule has 1 aliphatic rings. The van der Waals surface area contributed by atoms with Crippen molar-refractivity contribution in [3.05, 3.63) is 18.0 Å². The molecule has 2 N–H and O–H groups in total. The van der Waals surface area contributed by atoms with E-state index in [2.05, 4.69) is 6.92 Å². The van der Waals surface area contributed by atoms with Crippen LogP contribution in [0.2, 0.25) is 0 Å². The number of hydrogen-bond acceptors (Lipinski definition) is 4. The zero-order valence-corrected chi connectivity index (χ0v) is 15.7. The van der Waals surface area contributed by atoms with Crippen LogP contribution in [0.1, 0.15) is 37.2 Å². The zero-order valence-electron chi connectivity index (χ0n) is 14.9. The summed E-state index contributed by atoms with van der Waals surface area (Å²) in [5.74, 6) is 0.124. The van der Waals surface area contributed by atoms with Gasteiger partial charge in [0.25, 0.3) is 5.91 Å². The first-order chi connectivity index (χ1) is 11.2. The van der Waals surface area contributed by atoms with E-state index >= 15 is 0 Å². The number of nitrogens with two attached hydrogens (primary N) is 1. The van der Waals surface area contributed by atoms with Crippen LogP contribution in [0.3, 0.4) is 0 Å². The highest BCUT2D eigenvalue weighted by Crippen LogP contribution is 2.25. The van der Waals surface area contributed by atoms with Crippen molar-refractivity contribution >= 4 is 15.9 Å². The second-order valence-corrected chi connectivity index (χ2v) is 8.72. The van der Waals surface area contributed by atoms with Crippen molar-refractivity contribution in [3.63, 3.8) is 0 Å². The van der Waals surface area contributed by atoms with E-state index in [1.807, 2.05) is 6.92 Å². The number of likely N-dealkylation sites (N-methyl/N-ethyl adjacent to an activating group) is 1. The number of carbonyl (C=O) groups excluding carboxylic acids is 1. The number of nitrogens with zero attached hydrogens (tertiary/aromatic N) is 3. The molecule has 2 heterocycles. The van der Waals surface area contributed by atoms with Crippen molar-refractivity contribution in [1.82, 2.24) is 13.8 Å². The summed E-state index contributed by atoms with van der Waals surface area (Å²) in [5.41, 5.74) is 5.96. The van der Waals surface area contributed by atoms with E-state index < -0.39 is 10.0 Å². The number of piperidine rings is 1. The van der Waals surface area contributed by atoms with E-state index in [9.17, 15) is 13.2 Å². The lowest BCUT2D eigenvalue weighted by Gasteiger charge is -2.29. The Balaban J connectivity index is 2.29. The molecule has 24 heavy (non-hydrogen) atoms. The maximum absolute atomic E-state index is 12.8. The normalized spacial score (nSPS) is 20.8. The summed E-state index contributed by atoms with van der Waals surface area (Å²) in [6, 6.07) is 1.35. The third kappa shape index (κ3) is 3.65. The summed E-state index contributed by atoms with van der Waals surface area (Å²) >= 11 is 0. The molecule has 1 aromatic heterocycles. The molecule has 2 atom stereocenters. The lowest BCUT2D eigenvalue weighted by molar-refractivity contribution is 0.0739. The lowest BCUT2D eigenvalue weighted by Crippen LogP contribution is -2.40. The molecule has 1 amide bonds. The van der Waals surface area contributed by atoms with Crippen molar-refractivity contribution in [2.45, 2.75) is 37.6 Å². The molecule has 1 aliphatic heterocycles. The highest BCUT2D eigenvalue weighted by Gasteiger charge is 2.31. The smallest absolute Gasteiger partial charge is 0.270 e. The van der Waals surface area contributed by atoms with Crippen LogP contribution in [0.25, 0.3) is 0 Å². The largest absolute Gasteiger partial charge is 0.345 e. The Kier molecular flexibility index (Phi) is 5.72. The molecule has 0 radical (unpaired) electrons. The number of rotatable bonds is 5. The van der Waals surface area contributed by atoms with Crippen molar-refractivity contribution in [3.8, 4) is 0 Å². The van der Waals surface area contributed by atoms with E-state index in [1.54, 1.807) is 18.7 Å². The third-order valence-electron chi connectivity index (χ3n) is 4.78. The van der Waals surface area contributed by atoms with E-state index in [-0.39, 0.29) is 16.8 Å². The predicted molar refractivity (Wildman–Crippen MR) is 93.2 cm³/mol. The fourth-order valence-electron chi connectivity index (χ4n) is 2.94. The van der Waals surface area contributed by atoms with Crippen LogP contribution < -0.4 is 5.73 Å². The van der Waals surface area contributed by atoms with Crippen LogP contribution in [-0.4, -0.2) is 60.8 Å². The van der Waals surface area contributed by atoms with Gasteiger partial charge in [0, 0.05) is 46.0 Å². The van der Waals surface area contributed by atoms with Gasteiger partial charge in [-0.2, -0.15) is 4.31 Å². The lowest BCUT2D eigenvalue weighted by atomic mass is 10.0. The SMILES string of the molecule is CC1CCCN(S(=O)(=O)c2cc(C(=O)N(C)C(C)CN)n(C)c2)C1. The molecular formula is C16H28N4O3S. The van der Waals surface area contributed by atoms with Gasteiger partial charge in [-0.3, -0.25) is 4.79 Å². The highest BCUT2D eigenvalue weighted by molar-refractivity contribution is 7.89. The Hall–Kier alpha value is -1.38. The summed E-state index contributed by atoms with van der Waals surface area (Å²) < 4.78 is 28.8. The monoisotopic (exact) mass is 356 g/mol. The molecule has 1 fully saturated rings.